The largest absolute Gasteiger partial charge is 0.507 e. The van der Waals surface area contributed by atoms with Crippen LogP contribution in [0.1, 0.15) is 39.4 Å². The first kappa shape index (κ1) is 18.6. The normalized spacial score (nSPS) is 15.3. The summed E-state index contributed by atoms with van der Waals surface area (Å²) in [6.45, 7) is 0. The number of hydrogen-bond donors (Lipinski definition) is 2. The van der Waals surface area contributed by atoms with Crippen molar-refractivity contribution in [3.63, 3.8) is 0 Å². The molecule has 0 fully saturated rings. The maximum Gasteiger partial charge on any atom is 0.312 e. The predicted molar refractivity (Wildman–Crippen MR) is 105 cm³/mol. The SMILES string of the molecule is COc1ccc([C@@H]2CC(=O)Oc3ccc(C(=O)c4ccccc4)c(O)c32)cc1O. The molecule has 29 heavy (non-hydrogen) atoms. The molecule has 0 amide bonds. The third-order valence-corrected chi connectivity index (χ3v) is 5.01. The van der Waals surface area contributed by atoms with Gasteiger partial charge in [0.1, 0.15) is 11.5 Å². The fourth-order valence-corrected chi connectivity index (χ4v) is 3.58. The Morgan fingerprint density at radius 1 is 1.07 bits per heavy atom. The first-order valence-corrected chi connectivity index (χ1v) is 9.02. The van der Waals surface area contributed by atoms with Crippen molar-refractivity contribution in [2.75, 3.05) is 7.11 Å². The molecule has 4 rings (SSSR count). The fraction of sp³-hybridized carbons (Fsp3) is 0.130. The molecular weight excluding hydrogens is 372 g/mol. The predicted octanol–water partition coefficient (Wildman–Crippen LogP) is 3.78. The number of aromatic hydroxyl groups is 2. The lowest BCUT2D eigenvalue weighted by Crippen LogP contribution is -2.22. The minimum atomic E-state index is -0.577. The summed E-state index contributed by atoms with van der Waals surface area (Å²) in [5, 5.41) is 21.1. The molecule has 146 valence electrons. The maximum absolute atomic E-state index is 12.9. The van der Waals surface area contributed by atoms with E-state index in [1.165, 1.54) is 25.3 Å². The quantitative estimate of drug-likeness (QED) is 0.400. The summed E-state index contributed by atoms with van der Waals surface area (Å²) in [5.74, 6) is -1.19. The van der Waals surface area contributed by atoms with Gasteiger partial charge in [0.2, 0.25) is 0 Å². The number of rotatable bonds is 4. The van der Waals surface area contributed by atoms with E-state index in [1.54, 1.807) is 42.5 Å². The van der Waals surface area contributed by atoms with E-state index in [1.807, 2.05) is 0 Å². The van der Waals surface area contributed by atoms with Gasteiger partial charge < -0.3 is 19.7 Å². The van der Waals surface area contributed by atoms with E-state index >= 15 is 0 Å². The van der Waals surface area contributed by atoms with Crippen molar-refractivity contribution in [2.24, 2.45) is 0 Å². The number of ether oxygens (including phenoxy) is 2. The number of benzene rings is 3. The molecule has 0 aromatic heterocycles. The van der Waals surface area contributed by atoms with Gasteiger partial charge in [0.05, 0.1) is 19.1 Å². The molecule has 1 aliphatic rings. The lowest BCUT2D eigenvalue weighted by atomic mass is 9.84. The summed E-state index contributed by atoms with van der Waals surface area (Å²) >= 11 is 0. The van der Waals surface area contributed by atoms with Gasteiger partial charge in [-0.1, -0.05) is 36.4 Å². The maximum atomic E-state index is 12.9. The number of hydrogen-bond acceptors (Lipinski definition) is 6. The highest BCUT2D eigenvalue weighted by Gasteiger charge is 2.33. The molecule has 3 aromatic carbocycles. The average Bonchev–Trinajstić information content (AvgIpc) is 2.73. The first-order valence-electron chi connectivity index (χ1n) is 9.02. The van der Waals surface area contributed by atoms with Crippen molar-refractivity contribution in [3.8, 4) is 23.0 Å². The van der Waals surface area contributed by atoms with Crippen LogP contribution in [0.25, 0.3) is 0 Å². The zero-order valence-electron chi connectivity index (χ0n) is 15.6. The second-order valence-electron chi connectivity index (χ2n) is 6.73. The Bertz CT molecular complexity index is 1100. The summed E-state index contributed by atoms with van der Waals surface area (Å²) < 4.78 is 10.3. The van der Waals surface area contributed by atoms with Crippen LogP contribution in [0.2, 0.25) is 0 Å². The molecule has 6 nitrogen and oxygen atoms in total. The summed E-state index contributed by atoms with van der Waals surface area (Å²) in [6, 6.07) is 16.4. The van der Waals surface area contributed by atoms with Gasteiger partial charge in [-0.15, -0.1) is 0 Å². The molecule has 1 heterocycles. The van der Waals surface area contributed by atoms with E-state index in [0.29, 0.717) is 22.4 Å². The zero-order valence-corrected chi connectivity index (χ0v) is 15.6. The van der Waals surface area contributed by atoms with Crippen LogP contribution < -0.4 is 9.47 Å². The first-order chi connectivity index (χ1) is 14.0. The third kappa shape index (κ3) is 3.29. The number of carbonyl (C=O) groups is 2. The highest BCUT2D eigenvalue weighted by Crippen LogP contribution is 2.46. The summed E-state index contributed by atoms with van der Waals surface area (Å²) in [7, 11) is 1.44. The summed E-state index contributed by atoms with van der Waals surface area (Å²) in [5.41, 5.74) is 1.50. The van der Waals surface area contributed by atoms with Gasteiger partial charge in [-0.3, -0.25) is 9.59 Å². The highest BCUT2D eigenvalue weighted by atomic mass is 16.5. The zero-order chi connectivity index (χ0) is 20.5. The molecular formula is C23H18O6. The van der Waals surface area contributed by atoms with Crippen molar-refractivity contribution in [3.05, 3.63) is 82.9 Å². The second kappa shape index (κ2) is 7.31. The molecule has 0 saturated heterocycles. The van der Waals surface area contributed by atoms with Crippen molar-refractivity contribution in [1.82, 2.24) is 0 Å². The molecule has 2 N–H and O–H groups in total. The van der Waals surface area contributed by atoms with Gasteiger partial charge in [-0.2, -0.15) is 0 Å². The number of ketones is 1. The highest BCUT2D eigenvalue weighted by molar-refractivity contribution is 6.11. The van der Waals surface area contributed by atoms with E-state index in [2.05, 4.69) is 0 Å². The molecule has 0 aliphatic carbocycles. The van der Waals surface area contributed by atoms with Crippen LogP contribution in [0.4, 0.5) is 0 Å². The van der Waals surface area contributed by atoms with Crippen LogP contribution in [0.3, 0.4) is 0 Å². The van der Waals surface area contributed by atoms with Crippen LogP contribution >= 0.6 is 0 Å². The lowest BCUT2D eigenvalue weighted by Gasteiger charge is -2.26. The summed E-state index contributed by atoms with van der Waals surface area (Å²) in [4.78, 5) is 25.0. The van der Waals surface area contributed by atoms with Gasteiger partial charge in [0.25, 0.3) is 0 Å². The topological polar surface area (TPSA) is 93.1 Å². The Morgan fingerprint density at radius 3 is 2.52 bits per heavy atom. The van der Waals surface area contributed by atoms with Crippen LogP contribution in [0.5, 0.6) is 23.0 Å². The molecule has 0 radical (unpaired) electrons. The van der Waals surface area contributed by atoms with Crippen LogP contribution in [0, 0.1) is 0 Å². The van der Waals surface area contributed by atoms with Gasteiger partial charge in [-0.25, -0.2) is 0 Å². The van der Waals surface area contributed by atoms with Crippen molar-refractivity contribution in [1.29, 1.82) is 0 Å². The number of methoxy groups -OCH3 is 1. The van der Waals surface area contributed by atoms with Gasteiger partial charge >= 0.3 is 5.97 Å². The minimum Gasteiger partial charge on any atom is -0.507 e. The Balaban J connectivity index is 1.83. The Morgan fingerprint density at radius 2 is 1.83 bits per heavy atom. The molecule has 3 aromatic rings. The van der Waals surface area contributed by atoms with Crippen LogP contribution in [0.15, 0.2) is 60.7 Å². The van der Waals surface area contributed by atoms with E-state index < -0.39 is 11.9 Å². The van der Waals surface area contributed by atoms with E-state index in [0.717, 1.165) is 0 Å². The molecule has 0 saturated carbocycles. The molecule has 1 aliphatic heterocycles. The van der Waals surface area contributed by atoms with Crippen molar-refractivity contribution < 1.29 is 29.3 Å². The third-order valence-electron chi connectivity index (χ3n) is 5.01. The van der Waals surface area contributed by atoms with Crippen molar-refractivity contribution in [2.45, 2.75) is 12.3 Å². The fourth-order valence-electron chi connectivity index (χ4n) is 3.58. The Kier molecular flexibility index (Phi) is 4.68. The number of esters is 1. The van der Waals surface area contributed by atoms with Gasteiger partial charge in [0.15, 0.2) is 17.3 Å². The molecule has 6 heteroatoms. The van der Waals surface area contributed by atoms with Gasteiger partial charge in [0, 0.05) is 17.0 Å². The second-order valence-corrected chi connectivity index (χ2v) is 6.73. The Labute approximate surface area is 167 Å². The number of fused-ring (bicyclic) bond motifs is 1. The van der Waals surface area contributed by atoms with Crippen LogP contribution in [-0.2, 0) is 4.79 Å². The molecule has 0 unspecified atom stereocenters. The average molecular weight is 390 g/mol. The van der Waals surface area contributed by atoms with Crippen LogP contribution in [-0.4, -0.2) is 29.1 Å². The molecule has 1 atom stereocenters. The van der Waals surface area contributed by atoms with E-state index in [-0.39, 0.29) is 35.0 Å². The Hall–Kier alpha value is -3.80. The molecule has 0 bridgehead atoms. The number of phenolic OH excluding ortho intramolecular Hbond substituents is 2. The summed E-state index contributed by atoms with van der Waals surface area (Å²) in [6.07, 6.45) is -0.0324. The smallest absolute Gasteiger partial charge is 0.312 e. The minimum absolute atomic E-state index is 0.0324. The van der Waals surface area contributed by atoms with E-state index in [4.69, 9.17) is 9.47 Å². The van der Waals surface area contributed by atoms with Gasteiger partial charge in [-0.05, 0) is 29.8 Å². The van der Waals surface area contributed by atoms with Crippen molar-refractivity contribution >= 4 is 11.8 Å². The number of phenols is 2. The number of carbonyl (C=O) groups excluding carboxylic acids is 2. The molecule has 0 spiro atoms. The standard InChI is InChI=1S/C23H18O6/c1-28-18-9-7-14(11-17(18)24)16-12-20(25)29-19-10-8-15(23(27)21(16)19)22(26)13-5-3-2-4-6-13/h2-11,16,24,27H,12H2,1H3/t16-/m0/s1. The van der Waals surface area contributed by atoms with E-state index in [9.17, 15) is 19.8 Å². The monoisotopic (exact) mass is 390 g/mol. The lowest BCUT2D eigenvalue weighted by molar-refractivity contribution is -0.135.